The number of rotatable bonds is 4. The van der Waals surface area contributed by atoms with Crippen LogP contribution in [0.4, 0.5) is 0 Å². The summed E-state index contributed by atoms with van der Waals surface area (Å²) in [5, 5.41) is 62.6. The zero-order chi connectivity index (χ0) is 37.4. The van der Waals surface area contributed by atoms with Gasteiger partial charge in [-0.1, -0.05) is 25.5 Å². The van der Waals surface area contributed by atoms with Crippen molar-refractivity contribution < 1.29 is 59.2 Å². The predicted molar refractivity (Wildman–Crippen MR) is 186 cm³/mol. The second-order valence-corrected chi connectivity index (χ2v) is 18.4. The molecule has 0 bridgehead atoms. The third-order valence-corrected chi connectivity index (χ3v) is 16.0. The Balaban J connectivity index is 0.000000162. The monoisotopic (exact) mass is 734 g/mol. The van der Waals surface area contributed by atoms with E-state index in [4.69, 9.17) is 18.9 Å². The van der Waals surface area contributed by atoms with Gasteiger partial charge in [-0.3, -0.25) is 9.59 Å². The van der Waals surface area contributed by atoms with Gasteiger partial charge in [-0.2, -0.15) is 0 Å². The molecule has 6 aliphatic carbocycles. The summed E-state index contributed by atoms with van der Waals surface area (Å²) in [6.07, 6.45) is 7.39. The van der Waals surface area contributed by atoms with Crippen LogP contribution in [0.2, 0.25) is 0 Å². The second kappa shape index (κ2) is 14.1. The molecule has 6 N–H and O–H groups in total. The van der Waals surface area contributed by atoms with Gasteiger partial charge in [-0.05, 0) is 99.2 Å². The Morgan fingerprint density at radius 3 is 1.88 bits per heavy atom. The fourth-order valence-corrected chi connectivity index (χ4v) is 13.2. The van der Waals surface area contributed by atoms with Crippen LogP contribution in [0.25, 0.3) is 0 Å². The van der Waals surface area contributed by atoms with Gasteiger partial charge in [0, 0.05) is 25.7 Å². The van der Waals surface area contributed by atoms with Crippen molar-refractivity contribution in [2.45, 2.75) is 147 Å². The average molecular weight is 735 g/mol. The number of aliphatic hydroxyl groups excluding tert-OH is 6. The van der Waals surface area contributed by atoms with E-state index in [1.807, 2.05) is 6.08 Å². The minimum atomic E-state index is -0.666. The molecule has 7 unspecified atom stereocenters. The molecule has 8 aliphatic rings. The van der Waals surface area contributed by atoms with Gasteiger partial charge in [0.25, 0.3) is 0 Å². The highest BCUT2D eigenvalue weighted by Gasteiger charge is 2.67. The molecule has 52 heavy (non-hydrogen) atoms. The van der Waals surface area contributed by atoms with E-state index in [0.717, 1.165) is 56.9 Å². The molecule has 294 valence electrons. The van der Waals surface area contributed by atoms with Crippen molar-refractivity contribution >= 4 is 11.9 Å². The molecule has 0 spiro atoms. The van der Waals surface area contributed by atoms with Crippen LogP contribution in [0.1, 0.15) is 98.3 Å². The summed E-state index contributed by atoms with van der Waals surface area (Å²) >= 11 is 0. The fraction of sp³-hybridized carbons (Fsp3) is 0.900. The lowest BCUT2D eigenvalue weighted by atomic mass is 9.45. The number of hydrogen-bond acceptors (Lipinski definition) is 12. The number of aliphatic hydroxyl groups is 6. The van der Waals surface area contributed by atoms with E-state index in [-0.39, 0.29) is 84.8 Å². The molecule has 0 aromatic heterocycles. The standard InChI is InChI=1S/C20H32O6.C20H30O6/c2*1-11(22)26-16-9-25-18-17-14(4-6-20(16,18)10-21)19(2)5-3-13(23)7-12(19)8-15(17)24/h12-18,21,23-24H,3-10H2,1-2H3;8,13-18,21,23-24H,3-7,9-10H2,1-2H3/t12?,13-,14?,15-,16-,17?,18?,19-,20-;13-,14?,15-,16-,17?,18?,19-,20-/m00/s1. The van der Waals surface area contributed by atoms with Crippen molar-refractivity contribution in [2.75, 3.05) is 26.4 Å². The second-order valence-electron chi connectivity index (χ2n) is 18.4. The maximum Gasteiger partial charge on any atom is 0.303 e. The Morgan fingerprint density at radius 1 is 0.750 bits per heavy atom. The van der Waals surface area contributed by atoms with Crippen LogP contribution in [-0.2, 0) is 28.5 Å². The van der Waals surface area contributed by atoms with Gasteiger partial charge in [0.2, 0.25) is 0 Å². The summed E-state index contributed by atoms with van der Waals surface area (Å²) < 4.78 is 23.2. The molecule has 2 heterocycles. The Labute approximate surface area is 307 Å². The summed E-state index contributed by atoms with van der Waals surface area (Å²) in [6, 6.07) is 0. The van der Waals surface area contributed by atoms with E-state index in [2.05, 4.69) is 13.8 Å². The van der Waals surface area contributed by atoms with E-state index in [9.17, 15) is 40.2 Å². The summed E-state index contributed by atoms with van der Waals surface area (Å²) in [4.78, 5) is 23.0. The molecule has 2 saturated heterocycles. The van der Waals surface area contributed by atoms with Crippen molar-refractivity contribution in [1.29, 1.82) is 0 Å². The SMILES string of the molecule is CC(=O)O[C@H]1COC2C3C(CC[C@@]21CO)[C@@]1(C)CC[C@H](O)CC1=C[C@@H]3O.CC(=O)O[C@H]1COC2C3C(CC[C@@]21CO)[C@@]1(C)CC[C@H](O)CC1C[C@@H]3O. The van der Waals surface area contributed by atoms with Crippen LogP contribution >= 0.6 is 0 Å². The van der Waals surface area contributed by atoms with E-state index in [1.165, 1.54) is 13.8 Å². The molecular weight excluding hydrogens is 672 g/mol. The number of esters is 2. The Bertz CT molecular complexity index is 1390. The van der Waals surface area contributed by atoms with E-state index >= 15 is 0 Å². The summed E-state index contributed by atoms with van der Waals surface area (Å²) in [7, 11) is 0. The molecule has 12 nitrogen and oxygen atoms in total. The van der Waals surface area contributed by atoms with E-state index in [1.54, 1.807) is 0 Å². The van der Waals surface area contributed by atoms with Gasteiger partial charge in [0.05, 0.1) is 73.9 Å². The van der Waals surface area contributed by atoms with Crippen molar-refractivity contribution in [1.82, 2.24) is 0 Å². The first-order valence-corrected chi connectivity index (χ1v) is 19.9. The van der Waals surface area contributed by atoms with Crippen LogP contribution in [0.5, 0.6) is 0 Å². The quantitative estimate of drug-likeness (QED) is 0.183. The first-order chi connectivity index (χ1) is 24.6. The van der Waals surface area contributed by atoms with Gasteiger partial charge in [0.1, 0.15) is 12.2 Å². The third-order valence-electron chi connectivity index (χ3n) is 16.0. The van der Waals surface area contributed by atoms with E-state index < -0.39 is 35.2 Å². The van der Waals surface area contributed by atoms with Gasteiger partial charge >= 0.3 is 11.9 Å². The highest BCUT2D eigenvalue weighted by Crippen LogP contribution is 2.64. The molecule has 7 fully saturated rings. The number of hydrogen-bond donors (Lipinski definition) is 6. The Hall–Kier alpha value is -1.64. The highest BCUT2D eigenvalue weighted by molar-refractivity contribution is 5.66. The molecule has 8 rings (SSSR count). The van der Waals surface area contributed by atoms with Crippen LogP contribution in [0, 0.1) is 51.2 Å². The van der Waals surface area contributed by atoms with Crippen molar-refractivity contribution in [2.24, 2.45) is 51.2 Å². The molecule has 0 amide bonds. The normalized spacial score (nSPS) is 51.8. The van der Waals surface area contributed by atoms with Crippen molar-refractivity contribution in [3.63, 3.8) is 0 Å². The highest BCUT2D eigenvalue weighted by atomic mass is 16.6. The van der Waals surface area contributed by atoms with Crippen LogP contribution in [0.3, 0.4) is 0 Å². The molecular formula is C40H62O12. The maximum absolute atomic E-state index is 11.5. The first kappa shape index (κ1) is 38.6. The van der Waals surface area contributed by atoms with Crippen LogP contribution in [-0.4, -0.2) is 118 Å². The smallest absolute Gasteiger partial charge is 0.303 e. The van der Waals surface area contributed by atoms with Gasteiger partial charge in [-0.25, -0.2) is 0 Å². The summed E-state index contributed by atoms with van der Waals surface area (Å²) in [5.41, 5.74) is -0.0353. The first-order valence-electron chi connectivity index (χ1n) is 19.9. The fourth-order valence-electron chi connectivity index (χ4n) is 13.2. The molecule has 0 aromatic rings. The molecule has 5 saturated carbocycles. The van der Waals surface area contributed by atoms with Crippen molar-refractivity contribution in [3.8, 4) is 0 Å². The minimum absolute atomic E-state index is 0.0480. The lowest BCUT2D eigenvalue weighted by Gasteiger charge is -2.61. The molecule has 2 aliphatic heterocycles. The van der Waals surface area contributed by atoms with Gasteiger partial charge in [0.15, 0.2) is 0 Å². The third kappa shape index (κ3) is 6.01. The van der Waals surface area contributed by atoms with Gasteiger partial charge < -0.3 is 49.6 Å². The van der Waals surface area contributed by atoms with Crippen LogP contribution in [0.15, 0.2) is 11.6 Å². The largest absolute Gasteiger partial charge is 0.459 e. The number of carbonyl (C=O) groups is 2. The minimum Gasteiger partial charge on any atom is -0.459 e. The Kier molecular flexibility index (Phi) is 10.5. The topological polar surface area (TPSA) is 192 Å². The number of carbonyl (C=O) groups excluding carboxylic acids is 2. The zero-order valence-corrected chi connectivity index (χ0v) is 31.3. The molecule has 12 heteroatoms. The lowest BCUT2D eigenvalue weighted by molar-refractivity contribution is -0.202. The van der Waals surface area contributed by atoms with E-state index in [0.29, 0.717) is 37.7 Å². The predicted octanol–water partition coefficient (Wildman–Crippen LogP) is 2.43. The zero-order valence-electron chi connectivity index (χ0n) is 31.3. The maximum atomic E-state index is 11.5. The Morgan fingerprint density at radius 2 is 1.31 bits per heavy atom. The van der Waals surface area contributed by atoms with Gasteiger partial charge in [-0.15, -0.1) is 0 Å². The lowest BCUT2D eigenvalue weighted by Crippen LogP contribution is -2.62. The summed E-state index contributed by atoms with van der Waals surface area (Å²) in [6.45, 7) is 7.69. The summed E-state index contributed by atoms with van der Waals surface area (Å²) in [5.74, 6) is -0.0149. The molecule has 17 atom stereocenters. The number of ether oxygens (including phenoxy) is 4. The molecule has 0 aromatic carbocycles. The number of fused-ring (bicyclic) bond motifs is 10. The average Bonchev–Trinajstić information content (AvgIpc) is 3.65. The van der Waals surface area contributed by atoms with Crippen molar-refractivity contribution in [3.05, 3.63) is 11.6 Å². The van der Waals surface area contributed by atoms with Crippen LogP contribution < -0.4 is 0 Å². The molecule has 0 radical (unpaired) electrons.